The summed E-state index contributed by atoms with van der Waals surface area (Å²) in [7, 11) is 2.07. The zero-order valence-electron chi connectivity index (χ0n) is 12.3. The van der Waals surface area contributed by atoms with Crippen molar-refractivity contribution in [1.29, 1.82) is 0 Å². The molecule has 0 radical (unpaired) electrons. The molecule has 1 heterocycles. The lowest BCUT2D eigenvalue weighted by atomic mass is 10.1. The maximum absolute atomic E-state index is 5.40. The van der Waals surface area contributed by atoms with E-state index in [0.717, 1.165) is 11.1 Å². The number of para-hydroxylation sites is 1. The zero-order chi connectivity index (χ0) is 14.7. The lowest BCUT2D eigenvalue weighted by molar-refractivity contribution is 0.132. The first-order valence-electron chi connectivity index (χ1n) is 7.00. The minimum atomic E-state index is 0.487. The zero-order valence-corrected chi connectivity index (χ0v) is 12.3. The van der Waals surface area contributed by atoms with E-state index in [1.807, 2.05) is 36.4 Å². The van der Waals surface area contributed by atoms with Crippen LogP contribution in [0.2, 0.25) is 0 Å². The molecule has 0 bridgehead atoms. The molecule has 21 heavy (non-hydrogen) atoms. The Balaban J connectivity index is 1.79. The molecule has 0 saturated heterocycles. The van der Waals surface area contributed by atoms with E-state index in [2.05, 4.69) is 41.9 Å². The van der Waals surface area contributed by atoms with Gasteiger partial charge in [0.05, 0.1) is 6.21 Å². The van der Waals surface area contributed by atoms with Crippen molar-refractivity contribution in [1.82, 2.24) is 4.57 Å². The number of fused-ring (bicyclic) bond motifs is 1. The van der Waals surface area contributed by atoms with Crippen LogP contribution in [0.4, 0.5) is 0 Å². The van der Waals surface area contributed by atoms with Crippen LogP contribution in [0.15, 0.2) is 59.8 Å². The Bertz CT molecular complexity index is 773. The van der Waals surface area contributed by atoms with E-state index in [0.29, 0.717) is 6.61 Å². The fourth-order valence-electron chi connectivity index (χ4n) is 2.49. The summed E-state index contributed by atoms with van der Waals surface area (Å²) in [4.78, 5) is 5.40. The minimum Gasteiger partial charge on any atom is -0.391 e. The molecule has 0 aliphatic heterocycles. The van der Waals surface area contributed by atoms with Crippen molar-refractivity contribution in [3.63, 3.8) is 0 Å². The molecule has 0 unspecified atom stereocenters. The van der Waals surface area contributed by atoms with Crippen LogP contribution in [-0.4, -0.2) is 10.8 Å². The fourth-order valence-corrected chi connectivity index (χ4v) is 2.49. The van der Waals surface area contributed by atoms with Crippen LogP contribution >= 0.6 is 0 Å². The second-order valence-corrected chi connectivity index (χ2v) is 5.07. The van der Waals surface area contributed by atoms with E-state index in [4.69, 9.17) is 4.84 Å². The number of benzene rings is 2. The molecule has 3 aromatic rings. The lowest BCUT2D eigenvalue weighted by Gasteiger charge is -1.99. The largest absolute Gasteiger partial charge is 0.391 e. The van der Waals surface area contributed by atoms with Gasteiger partial charge < -0.3 is 9.40 Å². The second kappa shape index (κ2) is 5.83. The third kappa shape index (κ3) is 2.68. The molecule has 3 rings (SSSR count). The molecule has 106 valence electrons. The summed E-state index contributed by atoms with van der Waals surface area (Å²) < 4.78 is 2.17. The fraction of sp³-hybridized carbons (Fsp3) is 0.167. The first-order chi connectivity index (χ1) is 10.3. The number of oxime groups is 1. The molecule has 0 atom stereocenters. The van der Waals surface area contributed by atoms with Crippen LogP contribution in [0.3, 0.4) is 0 Å². The quantitative estimate of drug-likeness (QED) is 0.522. The Morgan fingerprint density at radius 3 is 2.57 bits per heavy atom. The maximum atomic E-state index is 5.40. The molecular weight excluding hydrogens is 260 g/mol. The van der Waals surface area contributed by atoms with Crippen LogP contribution < -0.4 is 0 Å². The van der Waals surface area contributed by atoms with Crippen molar-refractivity contribution in [2.45, 2.75) is 13.5 Å². The monoisotopic (exact) mass is 278 g/mol. The molecule has 0 N–H and O–H groups in total. The summed E-state index contributed by atoms with van der Waals surface area (Å²) in [6.07, 6.45) is 1.81. The molecule has 2 aromatic carbocycles. The van der Waals surface area contributed by atoms with Gasteiger partial charge in [-0.3, -0.25) is 0 Å². The second-order valence-electron chi connectivity index (χ2n) is 5.07. The molecule has 1 aromatic heterocycles. The molecular formula is C18H18N2O. The van der Waals surface area contributed by atoms with Gasteiger partial charge in [0.15, 0.2) is 0 Å². The average molecular weight is 278 g/mol. The Kier molecular flexibility index (Phi) is 3.73. The third-order valence-electron chi connectivity index (χ3n) is 3.78. The SMILES string of the molecule is Cc1c(/C=N\OCc2ccccc2)c2ccccc2n1C. The molecule has 0 amide bonds. The maximum Gasteiger partial charge on any atom is 0.142 e. The highest BCUT2D eigenvalue weighted by molar-refractivity contribution is 6.00. The number of nitrogens with zero attached hydrogens (tertiary/aromatic N) is 2. The van der Waals surface area contributed by atoms with Gasteiger partial charge in [-0.2, -0.15) is 0 Å². The highest BCUT2D eigenvalue weighted by atomic mass is 16.6. The number of rotatable bonds is 4. The van der Waals surface area contributed by atoms with Gasteiger partial charge in [-0.15, -0.1) is 0 Å². The van der Waals surface area contributed by atoms with Gasteiger partial charge in [-0.25, -0.2) is 0 Å². The number of hydrogen-bond donors (Lipinski definition) is 0. The van der Waals surface area contributed by atoms with Crippen molar-refractivity contribution in [3.05, 3.63) is 71.4 Å². The molecule has 3 nitrogen and oxygen atoms in total. The highest BCUT2D eigenvalue weighted by Crippen LogP contribution is 2.23. The highest BCUT2D eigenvalue weighted by Gasteiger charge is 2.09. The minimum absolute atomic E-state index is 0.487. The molecule has 0 aliphatic rings. The van der Waals surface area contributed by atoms with E-state index < -0.39 is 0 Å². The van der Waals surface area contributed by atoms with E-state index in [-0.39, 0.29) is 0 Å². The van der Waals surface area contributed by atoms with Crippen LogP contribution in [0.1, 0.15) is 16.8 Å². The smallest absolute Gasteiger partial charge is 0.142 e. The summed E-state index contributed by atoms with van der Waals surface area (Å²) in [6.45, 7) is 2.58. The van der Waals surface area contributed by atoms with Crippen molar-refractivity contribution < 1.29 is 4.84 Å². The molecule has 3 heteroatoms. The predicted octanol–water partition coefficient (Wildman–Crippen LogP) is 4.04. The van der Waals surface area contributed by atoms with E-state index in [9.17, 15) is 0 Å². The number of aromatic nitrogens is 1. The first kappa shape index (κ1) is 13.4. The van der Waals surface area contributed by atoms with Gasteiger partial charge in [-0.1, -0.05) is 53.7 Å². The van der Waals surface area contributed by atoms with E-state index in [1.165, 1.54) is 16.6 Å². The van der Waals surface area contributed by atoms with Gasteiger partial charge in [0.2, 0.25) is 0 Å². The molecule has 0 aliphatic carbocycles. The Labute approximate surface area is 124 Å². The van der Waals surface area contributed by atoms with Crippen molar-refractivity contribution >= 4 is 17.1 Å². The summed E-state index contributed by atoms with van der Waals surface area (Å²) in [5.74, 6) is 0. The van der Waals surface area contributed by atoms with Crippen LogP contribution in [0.25, 0.3) is 10.9 Å². The van der Waals surface area contributed by atoms with E-state index >= 15 is 0 Å². The van der Waals surface area contributed by atoms with Crippen molar-refractivity contribution in [2.24, 2.45) is 12.2 Å². The average Bonchev–Trinajstić information content (AvgIpc) is 2.77. The summed E-state index contributed by atoms with van der Waals surface area (Å²) in [5, 5.41) is 5.32. The van der Waals surface area contributed by atoms with Crippen LogP contribution in [-0.2, 0) is 18.5 Å². The van der Waals surface area contributed by atoms with Crippen LogP contribution in [0, 0.1) is 6.92 Å². The standard InChI is InChI=1S/C18H18N2O/c1-14-17(16-10-6-7-11-18(16)20(14)2)12-19-21-13-15-8-4-3-5-9-15/h3-12H,13H2,1-2H3/b19-12-. The number of hydrogen-bond acceptors (Lipinski definition) is 2. The Hall–Kier alpha value is -2.55. The molecule has 0 fully saturated rings. The Morgan fingerprint density at radius 1 is 1.05 bits per heavy atom. The van der Waals surface area contributed by atoms with Gasteiger partial charge in [0, 0.05) is 29.2 Å². The third-order valence-corrected chi connectivity index (χ3v) is 3.78. The molecule has 0 saturated carbocycles. The summed E-state index contributed by atoms with van der Waals surface area (Å²) >= 11 is 0. The van der Waals surface area contributed by atoms with E-state index in [1.54, 1.807) is 6.21 Å². The summed E-state index contributed by atoms with van der Waals surface area (Å²) in [5.41, 5.74) is 4.62. The topological polar surface area (TPSA) is 26.5 Å². The van der Waals surface area contributed by atoms with Crippen molar-refractivity contribution in [2.75, 3.05) is 0 Å². The van der Waals surface area contributed by atoms with Crippen LogP contribution in [0.5, 0.6) is 0 Å². The summed E-state index contributed by atoms with van der Waals surface area (Å²) in [6, 6.07) is 18.4. The van der Waals surface area contributed by atoms with Gasteiger partial charge >= 0.3 is 0 Å². The predicted molar refractivity (Wildman–Crippen MR) is 86.5 cm³/mol. The van der Waals surface area contributed by atoms with Gasteiger partial charge in [-0.05, 0) is 18.6 Å². The normalized spacial score (nSPS) is 11.3. The van der Waals surface area contributed by atoms with Gasteiger partial charge in [0.1, 0.15) is 6.61 Å². The van der Waals surface area contributed by atoms with Gasteiger partial charge in [0.25, 0.3) is 0 Å². The lowest BCUT2D eigenvalue weighted by Crippen LogP contribution is -1.92. The number of aryl methyl sites for hydroxylation is 1. The Morgan fingerprint density at radius 2 is 1.76 bits per heavy atom. The first-order valence-corrected chi connectivity index (χ1v) is 7.00. The molecule has 0 spiro atoms. The van der Waals surface area contributed by atoms with Crippen molar-refractivity contribution in [3.8, 4) is 0 Å².